The van der Waals surface area contributed by atoms with Gasteiger partial charge in [0.05, 0.1) is 12.1 Å². The van der Waals surface area contributed by atoms with Gasteiger partial charge in [-0.15, -0.1) is 0 Å². The third-order valence-corrected chi connectivity index (χ3v) is 4.06. The highest BCUT2D eigenvalue weighted by atomic mass is 79.9. The molecule has 0 atom stereocenters. The number of esters is 1. The summed E-state index contributed by atoms with van der Waals surface area (Å²) in [7, 11) is 0. The Morgan fingerprint density at radius 3 is 2.46 bits per heavy atom. The summed E-state index contributed by atoms with van der Waals surface area (Å²) in [6, 6.07) is 14.7. The van der Waals surface area contributed by atoms with Crippen molar-refractivity contribution in [3.8, 4) is 0 Å². The molecule has 0 saturated heterocycles. The van der Waals surface area contributed by atoms with E-state index in [4.69, 9.17) is 4.74 Å². The molecule has 0 aliphatic carbocycles. The van der Waals surface area contributed by atoms with Crippen molar-refractivity contribution in [3.05, 3.63) is 64.1 Å². The zero-order valence-corrected chi connectivity index (χ0v) is 15.8. The molecule has 2 N–H and O–H groups in total. The van der Waals surface area contributed by atoms with Crippen LogP contribution < -0.4 is 10.6 Å². The third kappa shape index (κ3) is 6.68. The maximum absolute atomic E-state index is 11.8. The van der Waals surface area contributed by atoms with Gasteiger partial charge < -0.3 is 15.4 Å². The highest BCUT2D eigenvalue weighted by Crippen LogP contribution is 2.23. The number of anilines is 1. The molecular weight excluding hydrogens is 400 g/mol. The van der Waals surface area contributed by atoms with Crippen molar-refractivity contribution in [2.75, 3.05) is 18.5 Å². The number of hydrogen-bond acceptors (Lipinski definition) is 4. The minimum atomic E-state index is -0.676. The average Bonchev–Trinajstić information content (AvgIpc) is 2.61. The second-order valence-electron chi connectivity index (χ2n) is 5.63. The number of carbonyl (C=O) groups is 3. The Bertz CT molecular complexity index is 793. The zero-order valence-electron chi connectivity index (χ0n) is 14.3. The summed E-state index contributed by atoms with van der Waals surface area (Å²) in [5.74, 6) is -1.43. The molecule has 0 spiro atoms. The van der Waals surface area contributed by atoms with E-state index in [1.165, 1.54) is 0 Å². The molecule has 7 heteroatoms. The Labute approximate surface area is 160 Å². The topological polar surface area (TPSA) is 84.5 Å². The van der Waals surface area contributed by atoms with Crippen molar-refractivity contribution < 1.29 is 19.1 Å². The van der Waals surface area contributed by atoms with Crippen LogP contribution in [0, 0.1) is 6.92 Å². The van der Waals surface area contributed by atoms with Crippen molar-refractivity contribution >= 4 is 39.4 Å². The van der Waals surface area contributed by atoms with Gasteiger partial charge >= 0.3 is 5.97 Å². The fraction of sp³-hybridized carbons (Fsp3) is 0.211. The quantitative estimate of drug-likeness (QED) is 0.676. The summed E-state index contributed by atoms with van der Waals surface area (Å²) < 4.78 is 5.60. The minimum absolute atomic E-state index is 0.177. The summed E-state index contributed by atoms with van der Waals surface area (Å²) >= 11 is 3.35. The summed E-state index contributed by atoms with van der Waals surface area (Å²) in [6.07, 6.45) is 0.177. The van der Waals surface area contributed by atoms with E-state index < -0.39 is 18.5 Å². The van der Waals surface area contributed by atoms with Crippen LogP contribution in [0.2, 0.25) is 0 Å². The van der Waals surface area contributed by atoms with Gasteiger partial charge in [0.25, 0.3) is 5.91 Å². The Kier molecular flexibility index (Phi) is 7.35. The van der Waals surface area contributed by atoms with Gasteiger partial charge in [-0.3, -0.25) is 14.4 Å². The van der Waals surface area contributed by atoms with Crippen LogP contribution in [0.4, 0.5) is 5.69 Å². The second kappa shape index (κ2) is 9.72. The summed E-state index contributed by atoms with van der Waals surface area (Å²) in [4.78, 5) is 35.2. The molecule has 0 aromatic heterocycles. The van der Waals surface area contributed by atoms with Crippen LogP contribution in [0.15, 0.2) is 53.0 Å². The first-order valence-corrected chi connectivity index (χ1v) is 8.75. The van der Waals surface area contributed by atoms with Crippen LogP contribution >= 0.6 is 15.9 Å². The molecule has 0 saturated carbocycles. The molecule has 2 aromatic carbocycles. The molecule has 2 aromatic rings. The van der Waals surface area contributed by atoms with E-state index in [1.807, 2.05) is 49.4 Å². The molecule has 0 aliphatic rings. The highest BCUT2D eigenvalue weighted by Gasteiger charge is 2.11. The van der Waals surface area contributed by atoms with Crippen LogP contribution in [-0.2, 0) is 25.5 Å². The predicted molar refractivity (Wildman–Crippen MR) is 102 cm³/mol. The van der Waals surface area contributed by atoms with Gasteiger partial charge in [0.2, 0.25) is 5.91 Å². The Balaban J connectivity index is 1.69. The lowest BCUT2D eigenvalue weighted by atomic mass is 10.1. The zero-order chi connectivity index (χ0) is 18.9. The van der Waals surface area contributed by atoms with Crippen LogP contribution in [0.25, 0.3) is 0 Å². The van der Waals surface area contributed by atoms with Crippen molar-refractivity contribution in [3.63, 3.8) is 0 Å². The number of ether oxygens (including phenoxy) is 1. The van der Waals surface area contributed by atoms with Crippen molar-refractivity contribution in [1.82, 2.24) is 5.32 Å². The number of hydrogen-bond donors (Lipinski definition) is 2. The SMILES string of the molecule is Cc1ccc(NC(=O)COC(=O)CNC(=O)Cc2ccccc2)c(Br)c1. The Hall–Kier alpha value is -2.67. The number of halogens is 1. The van der Waals surface area contributed by atoms with Crippen LogP contribution in [0.1, 0.15) is 11.1 Å². The van der Waals surface area contributed by atoms with Crippen LogP contribution in [0.5, 0.6) is 0 Å². The third-order valence-electron chi connectivity index (χ3n) is 3.40. The van der Waals surface area contributed by atoms with E-state index in [0.717, 1.165) is 15.6 Å². The lowest BCUT2D eigenvalue weighted by molar-refractivity contribution is -0.147. The summed E-state index contributed by atoms with van der Waals surface area (Å²) in [5.41, 5.74) is 2.49. The number of carbonyl (C=O) groups excluding carboxylic acids is 3. The van der Waals surface area contributed by atoms with Gasteiger partial charge in [0.15, 0.2) is 6.61 Å². The lowest BCUT2D eigenvalue weighted by Gasteiger charge is -2.09. The summed E-state index contributed by atoms with van der Waals surface area (Å²) in [5, 5.41) is 5.11. The maximum Gasteiger partial charge on any atom is 0.325 e. The number of benzene rings is 2. The molecule has 2 rings (SSSR count). The van der Waals surface area contributed by atoms with Gasteiger partial charge in [0, 0.05) is 4.47 Å². The maximum atomic E-state index is 11.8. The minimum Gasteiger partial charge on any atom is -0.454 e. The first-order chi connectivity index (χ1) is 12.4. The van der Waals surface area contributed by atoms with Crippen LogP contribution in [-0.4, -0.2) is 30.9 Å². The molecule has 0 fully saturated rings. The number of nitrogens with one attached hydrogen (secondary N) is 2. The molecular formula is C19H19BrN2O4. The molecule has 136 valence electrons. The predicted octanol–water partition coefficient (Wildman–Crippen LogP) is 2.60. The second-order valence-corrected chi connectivity index (χ2v) is 6.49. The monoisotopic (exact) mass is 418 g/mol. The molecule has 2 amide bonds. The fourth-order valence-electron chi connectivity index (χ4n) is 2.12. The largest absolute Gasteiger partial charge is 0.454 e. The van der Waals surface area contributed by atoms with Gasteiger partial charge in [0.1, 0.15) is 6.54 Å². The molecule has 26 heavy (non-hydrogen) atoms. The molecule has 0 heterocycles. The van der Waals surface area contributed by atoms with E-state index in [1.54, 1.807) is 6.07 Å². The summed E-state index contributed by atoms with van der Waals surface area (Å²) in [6.45, 7) is 1.23. The highest BCUT2D eigenvalue weighted by molar-refractivity contribution is 9.10. The van der Waals surface area contributed by atoms with Crippen molar-refractivity contribution in [1.29, 1.82) is 0 Å². The fourth-order valence-corrected chi connectivity index (χ4v) is 2.71. The van der Waals surface area contributed by atoms with Crippen molar-refractivity contribution in [2.24, 2.45) is 0 Å². The van der Waals surface area contributed by atoms with Gasteiger partial charge in [-0.05, 0) is 46.1 Å². The Morgan fingerprint density at radius 1 is 1.04 bits per heavy atom. The van der Waals surface area contributed by atoms with Gasteiger partial charge in [-0.2, -0.15) is 0 Å². The molecule has 0 radical (unpaired) electrons. The Morgan fingerprint density at radius 2 is 1.77 bits per heavy atom. The van der Waals surface area contributed by atoms with Crippen LogP contribution in [0.3, 0.4) is 0 Å². The van der Waals surface area contributed by atoms with E-state index >= 15 is 0 Å². The molecule has 6 nitrogen and oxygen atoms in total. The first kappa shape index (κ1) is 19.7. The van der Waals surface area contributed by atoms with Gasteiger partial charge in [-0.1, -0.05) is 36.4 Å². The number of aryl methyl sites for hydroxylation is 1. The first-order valence-electron chi connectivity index (χ1n) is 7.96. The lowest BCUT2D eigenvalue weighted by Crippen LogP contribution is -2.33. The normalized spacial score (nSPS) is 10.1. The number of rotatable bonds is 7. The van der Waals surface area contributed by atoms with E-state index in [9.17, 15) is 14.4 Å². The number of amides is 2. The standard InChI is InChI=1S/C19H19BrN2O4/c1-13-7-8-16(15(20)9-13)22-18(24)12-26-19(25)11-21-17(23)10-14-5-3-2-4-6-14/h2-9H,10-12H2,1H3,(H,21,23)(H,22,24). The smallest absolute Gasteiger partial charge is 0.325 e. The molecule has 0 aliphatic heterocycles. The van der Waals surface area contributed by atoms with E-state index in [2.05, 4.69) is 26.6 Å². The molecule has 0 unspecified atom stereocenters. The van der Waals surface area contributed by atoms with E-state index in [0.29, 0.717) is 5.69 Å². The van der Waals surface area contributed by atoms with E-state index in [-0.39, 0.29) is 18.9 Å². The average molecular weight is 419 g/mol. The van der Waals surface area contributed by atoms with Crippen molar-refractivity contribution in [2.45, 2.75) is 13.3 Å². The molecule has 0 bridgehead atoms. The van der Waals surface area contributed by atoms with Gasteiger partial charge in [-0.25, -0.2) is 0 Å².